The van der Waals surface area contributed by atoms with E-state index in [1.165, 1.54) is 0 Å². The van der Waals surface area contributed by atoms with Gasteiger partial charge in [0.1, 0.15) is 5.75 Å². The first-order valence-electron chi connectivity index (χ1n) is 6.52. The number of rotatable bonds is 8. The topological polar surface area (TPSA) is 50.4 Å². The minimum atomic E-state index is -0.0826. The number of para-hydroxylation sites is 1. The highest BCUT2D eigenvalue weighted by Gasteiger charge is 1.97. The summed E-state index contributed by atoms with van der Waals surface area (Å²) in [5, 5.41) is 5.58. The smallest absolute Gasteiger partial charge is 0.314 e. The van der Waals surface area contributed by atoms with E-state index in [-0.39, 0.29) is 6.03 Å². The maximum absolute atomic E-state index is 11.2. The Balaban J connectivity index is 1.94. The van der Waals surface area contributed by atoms with Crippen molar-refractivity contribution in [2.45, 2.75) is 26.2 Å². The predicted molar refractivity (Wildman–Crippen MR) is 72.9 cm³/mol. The van der Waals surface area contributed by atoms with Gasteiger partial charge in [-0.05, 0) is 31.4 Å². The van der Waals surface area contributed by atoms with Crippen LogP contribution in [-0.4, -0.2) is 25.7 Å². The molecule has 1 aromatic rings. The predicted octanol–water partition coefficient (Wildman–Crippen LogP) is 2.55. The van der Waals surface area contributed by atoms with Gasteiger partial charge < -0.3 is 15.4 Å². The quantitative estimate of drug-likeness (QED) is 0.697. The van der Waals surface area contributed by atoms with E-state index in [1.54, 1.807) is 0 Å². The minimum absolute atomic E-state index is 0.0826. The Morgan fingerprint density at radius 2 is 1.83 bits per heavy atom. The van der Waals surface area contributed by atoms with Crippen LogP contribution in [0.25, 0.3) is 0 Å². The van der Waals surface area contributed by atoms with Crippen LogP contribution in [0.1, 0.15) is 26.2 Å². The number of amides is 2. The average molecular weight is 250 g/mol. The second-order valence-corrected chi connectivity index (χ2v) is 4.05. The van der Waals surface area contributed by atoms with Gasteiger partial charge >= 0.3 is 6.03 Å². The fourth-order valence-electron chi connectivity index (χ4n) is 1.44. The molecule has 0 aromatic heterocycles. The van der Waals surface area contributed by atoms with E-state index in [0.717, 1.165) is 31.6 Å². The molecule has 2 N–H and O–H groups in total. The molecule has 0 saturated heterocycles. The van der Waals surface area contributed by atoms with Crippen molar-refractivity contribution in [3.8, 4) is 5.75 Å². The van der Waals surface area contributed by atoms with Crippen molar-refractivity contribution >= 4 is 6.03 Å². The Morgan fingerprint density at radius 3 is 2.56 bits per heavy atom. The molecule has 18 heavy (non-hydrogen) atoms. The number of nitrogens with one attached hydrogen (secondary N) is 2. The highest BCUT2D eigenvalue weighted by atomic mass is 16.5. The summed E-state index contributed by atoms with van der Waals surface area (Å²) in [5.74, 6) is 0.895. The highest BCUT2D eigenvalue weighted by molar-refractivity contribution is 5.73. The van der Waals surface area contributed by atoms with Gasteiger partial charge in [0.05, 0.1) is 6.61 Å². The van der Waals surface area contributed by atoms with Crippen molar-refractivity contribution in [1.29, 1.82) is 0 Å². The lowest BCUT2D eigenvalue weighted by Gasteiger charge is -2.07. The fraction of sp³-hybridized carbons (Fsp3) is 0.500. The molecule has 0 saturated carbocycles. The zero-order chi connectivity index (χ0) is 13.1. The Bertz CT molecular complexity index is 328. The normalized spacial score (nSPS) is 9.83. The lowest BCUT2D eigenvalue weighted by molar-refractivity contribution is 0.240. The summed E-state index contributed by atoms with van der Waals surface area (Å²) in [4.78, 5) is 11.2. The van der Waals surface area contributed by atoms with Gasteiger partial charge in [-0.25, -0.2) is 4.79 Å². The van der Waals surface area contributed by atoms with E-state index in [4.69, 9.17) is 4.74 Å². The van der Waals surface area contributed by atoms with Crippen molar-refractivity contribution < 1.29 is 9.53 Å². The summed E-state index contributed by atoms with van der Waals surface area (Å²) in [6, 6.07) is 9.67. The van der Waals surface area contributed by atoms with Crippen LogP contribution >= 0.6 is 0 Å². The Labute approximate surface area is 109 Å². The van der Waals surface area contributed by atoms with Crippen LogP contribution in [0.3, 0.4) is 0 Å². The molecule has 4 nitrogen and oxygen atoms in total. The monoisotopic (exact) mass is 250 g/mol. The molecule has 2 amide bonds. The lowest BCUT2D eigenvalue weighted by Crippen LogP contribution is -2.36. The number of benzene rings is 1. The number of hydrogen-bond donors (Lipinski definition) is 2. The molecule has 100 valence electrons. The number of ether oxygens (including phenoxy) is 1. The van der Waals surface area contributed by atoms with Gasteiger partial charge in [0, 0.05) is 13.1 Å². The molecule has 1 aromatic carbocycles. The third kappa shape index (κ3) is 6.78. The second kappa shape index (κ2) is 9.33. The molecule has 0 heterocycles. The summed E-state index contributed by atoms with van der Waals surface area (Å²) in [7, 11) is 0. The first kappa shape index (κ1) is 14.4. The summed E-state index contributed by atoms with van der Waals surface area (Å²) in [5.41, 5.74) is 0. The van der Waals surface area contributed by atoms with Crippen LogP contribution in [0.15, 0.2) is 30.3 Å². The summed E-state index contributed by atoms with van der Waals surface area (Å²) in [6.45, 7) is 4.13. The Kier molecular flexibility index (Phi) is 7.44. The summed E-state index contributed by atoms with van der Waals surface area (Å²) in [6.07, 6.45) is 2.81. The largest absolute Gasteiger partial charge is 0.494 e. The summed E-state index contributed by atoms with van der Waals surface area (Å²) < 4.78 is 5.55. The van der Waals surface area contributed by atoms with Gasteiger partial charge in [0.2, 0.25) is 0 Å². The van der Waals surface area contributed by atoms with Crippen molar-refractivity contribution in [2.75, 3.05) is 19.7 Å². The van der Waals surface area contributed by atoms with Crippen molar-refractivity contribution in [2.24, 2.45) is 0 Å². The van der Waals surface area contributed by atoms with E-state index >= 15 is 0 Å². The zero-order valence-corrected chi connectivity index (χ0v) is 10.9. The molecule has 0 atom stereocenters. The third-order valence-corrected chi connectivity index (χ3v) is 2.40. The van der Waals surface area contributed by atoms with E-state index in [2.05, 4.69) is 10.6 Å². The van der Waals surface area contributed by atoms with Crippen molar-refractivity contribution in [3.05, 3.63) is 30.3 Å². The second-order valence-electron chi connectivity index (χ2n) is 4.05. The van der Waals surface area contributed by atoms with E-state index in [9.17, 15) is 4.79 Å². The standard InChI is InChI=1S/C14H22N2O2/c1-2-10-15-14(17)16-11-6-7-12-18-13-8-4-3-5-9-13/h3-5,8-9H,2,6-7,10-12H2,1H3,(H2,15,16,17). The third-order valence-electron chi connectivity index (χ3n) is 2.40. The van der Waals surface area contributed by atoms with Crippen LogP contribution in [0, 0.1) is 0 Å². The van der Waals surface area contributed by atoms with Gasteiger partial charge in [0.25, 0.3) is 0 Å². The van der Waals surface area contributed by atoms with Gasteiger partial charge in [-0.3, -0.25) is 0 Å². The molecule has 0 aliphatic rings. The van der Waals surface area contributed by atoms with Gasteiger partial charge in [-0.2, -0.15) is 0 Å². The summed E-state index contributed by atoms with van der Waals surface area (Å²) >= 11 is 0. The molecular formula is C14H22N2O2. The maximum atomic E-state index is 11.2. The van der Waals surface area contributed by atoms with Gasteiger partial charge in [-0.1, -0.05) is 25.1 Å². The number of carbonyl (C=O) groups excluding carboxylic acids is 1. The van der Waals surface area contributed by atoms with Crippen molar-refractivity contribution in [3.63, 3.8) is 0 Å². The van der Waals surface area contributed by atoms with Crippen LogP contribution in [0.4, 0.5) is 4.79 Å². The van der Waals surface area contributed by atoms with Crippen molar-refractivity contribution in [1.82, 2.24) is 10.6 Å². The number of hydrogen-bond acceptors (Lipinski definition) is 2. The number of carbonyl (C=O) groups is 1. The Hall–Kier alpha value is -1.71. The van der Waals surface area contributed by atoms with E-state index in [1.807, 2.05) is 37.3 Å². The molecule has 0 aliphatic carbocycles. The number of unbranched alkanes of at least 4 members (excludes halogenated alkanes) is 1. The van der Waals surface area contributed by atoms with Gasteiger partial charge in [-0.15, -0.1) is 0 Å². The first-order valence-corrected chi connectivity index (χ1v) is 6.52. The molecule has 0 aliphatic heterocycles. The minimum Gasteiger partial charge on any atom is -0.494 e. The first-order chi connectivity index (χ1) is 8.83. The lowest BCUT2D eigenvalue weighted by atomic mass is 10.3. The maximum Gasteiger partial charge on any atom is 0.314 e. The highest BCUT2D eigenvalue weighted by Crippen LogP contribution is 2.08. The molecule has 0 radical (unpaired) electrons. The molecular weight excluding hydrogens is 228 g/mol. The molecule has 0 spiro atoms. The van der Waals surface area contributed by atoms with Crippen LogP contribution in [-0.2, 0) is 0 Å². The van der Waals surface area contributed by atoms with E-state index < -0.39 is 0 Å². The molecule has 1 rings (SSSR count). The number of urea groups is 1. The van der Waals surface area contributed by atoms with Crippen LogP contribution in [0.5, 0.6) is 5.75 Å². The average Bonchev–Trinajstić information content (AvgIpc) is 2.41. The molecule has 0 unspecified atom stereocenters. The van der Waals surface area contributed by atoms with Gasteiger partial charge in [0.15, 0.2) is 0 Å². The fourth-order valence-corrected chi connectivity index (χ4v) is 1.44. The van der Waals surface area contributed by atoms with Crippen LogP contribution < -0.4 is 15.4 Å². The SMILES string of the molecule is CCCNC(=O)NCCCCOc1ccccc1. The zero-order valence-electron chi connectivity index (χ0n) is 10.9. The molecule has 0 fully saturated rings. The van der Waals surface area contributed by atoms with E-state index in [0.29, 0.717) is 13.2 Å². The van der Waals surface area contributed by atoms with Crippen LogP contribution in [0.2, 0.25) is 0 Å². The Morgan fingerprint density at radius 1 is 1.11 bits per heavy atom. The molecule has 4 heteroatoms. The molecule has 0 bridgehead atoms.